The van der Waals surface area contributed by atoms with Gasteiger partial charge in [-0.05, 0) is 47.7 Å². The maximum atomic E-state index is 13.6. The fourth-order valence-corrected chi connectivity index (χ4v) is 4.92. The van der Waals surface area contributed by atoms with Gasteiger partial charge in [0.25, 0.3) is 0 Å². The van der Waals surface area contributed by atoms with Crippen molar-refractivity contribution in [3.63, 3.8) is 0 Å². The Hall–Kier alpha value is -3.19. The number of urea groups is 1. The van der Waals surface area contributed by atoms with E-state index >= 15 is 0 Å². The van der Waals surface area contributed by atoms with Gasteiger partial charge in [-0.15, -0.1) is 0 Å². The third-order valence-corrected chi connectivity index (χ3v) is 6.62. The van der Waals surface area contributed by atoms with Gasteiger partial charge in [0.1, 0.15) is 0 Å². The lowest BCUT2D eigenvalue weighted by Gasteiger charge is -2.41. The Labute approximate surface area is 187 Å². The molecule has 1 fully saturated rings. The van der Waals surface area contributed by atoms with Gasteiger partial charge in [-0.2, -0.15) is 0 Å². The molecule has 1 aromatic heterocycles. The molecular weight excluding hydrogens is 406 g/mol. The fourth-order valence-electron chi connectivity index (χ4n) is 4.92. The summed E-state index contributed by atoms with van der Waals surface area (Å²) in [5.74, 6) is 1.42. The number of hydrogen-bond donors (Lipinski definition) is 1. The van der Waals surface area contributed by atoms with E-state index in [2.05, 4.69) is 35.4 Å². The Bertz CT molecular complexity index is 1120. The molecule has 3 heterocycles. The van der Waals surface area contributed by atoms with Crippen molar-refractivity contribution in [3.8, 4) is 11.5 Å². The topological polar surface area (TPSA) is 67.0 Å². The van der Waals surface area contributed by atoms with E-state index in [9.17, 15) is 4.79 Å². The van der Waals surface area contributed by atoms with E-state index in [4.69, 9.17) is 14.2 Å². The van der Waals surface area contributed by atoms with Crippen LogP contribution in [0.25, 0.3) is 10.9 Å². The highest BCUT2D eigenvalue weighted by atomic mass is 16.5. The molecule has 1 N–H and O–H groups in total. The molecule has 7 nitrogen and oxygen atoms in total. The molecule has 2 aliphatic rings. The number of amides is 2. The van der Waals surface area contributed by atoms with Gasteiger partial charge in [-0.3, -0.25) is 0 Å². The maximum Gasteiger partial charge on any atom is 0.320 e. The smallest absolute Gasteiger partial charge is 0.320 e. The van der Waals surface area contributed by atoms with Gasteiger partial charge in [-0.25, -0.2) is 4.79 Å². The Morgan fingerprint density at radius 1 is 1.09 bits per heavy atom. The van der Waals surface area contributed by atoms with Crippen LogP contribution in [0.2, 0.25) is 0 Å². The molecule has 2 amide bonds. The number of aromatic nitrogens is 1. The van der Waals surface area contributed by atoms with Gasteiger partial charge in [0.05, 0.1) is 33.5 Å². The van der Waals surface area contributed by atoms with E-state index in [1.807, 2.05) is 21.9 Å². The summed E-state index contributed by atoms with van der Waals surface area (Å²) >= 11 is 0. The monoisotopic (exact) mass is 435 g/mol. The largest absolute Gasteiger partial charge is 0.493 e. The molecule has 0 aliphatic carbocycles. The number of para-hydroxylation sites is 1. The van der Waals surface area contributed by atoms with Crippen molar-refractivity contribution in [1.29, 1.82) is 0 Å². The second-order valence-corrected chi connectivity index (χ2v) is 8.31. The number of ether oxygens (including phenoxy) is 3. The number of nitrogens with one attached hydrogen (secondary N) is 1. The standard InChI is InChI=1S/C25H29N3O4/c1-30-23-14-17-7-8-28(25(29)27-9-11-32-12-10-27)22(20(17)15-24(23)31-2)13-18-16-26-21-6-4-3-5-19(18)21/h3-6,14-16,22,26H,7-13H2,1-2H3. The molecule has 1 saturated heterocycles. The number of aromatic amines is 1. The maximum absolute atomic E-state index is 13.6. The Balaban J connectivity index is 1.56. The highest BCUT2D eigenvalue weighted by Crippen LogP contribution is 2.40. The lowest BCUT2D eigenvalue weighted by atomic mass is 9.88. The van der Waals surface area contributed by atoms with Gasteiger partial charge in [0.2, 0.25) is 0 Å². The quantitative estimate of drug-likeness (QED) is 0.677. The van der Waals surface area contributed by atoms with Gasteiger partial charge in [-0.1, -0.05) is 18.2 Å². The third-order valence-electron chi connectivity index (χ3n) is 6.62. The van der Waals surface area contributed by atoms with Crippen LogP contribution in [-0.2, 0) is 17.6 Å². The van der Waals surface area contributed by atoms with Crippen LogP contribution >= 0.6 is 0 Å². The summed E-state index contributed by atoms with van der Waals surface area (Å²) in [4.78, 5) is 20.9. The number of carbonyl (C=O) groups is 1. The van der Waals surface area contributed by atoms with Crippen LogP contribution < -0.4 is 9.47 Å². The van der Waals surface area contributed by atoms with Crippen LogP contribution in [0, 0.1) is 0 Å². The highest BCUT2D eigenvalue weighted by Gasteiger charge is 2.35. The molecule has 3 aromatic rings. The van der Waals surface area contributed by atoms with E-state index in [-0.39, 0.29) is 12.1 Å². The van der Waals surface area contributed by atoms with Crippen molar-refractivity contribution in [2.45, 2.75) is 18.9 Å². The van der Waals surface area contributed by atoms with Crippen molar-refractivity contribution in [1.82, 2.24) is 14.8 Å². The first kappa shape index (κ1) is 20.7. The lowest BCUT2D eigenvalue weighted by Crippen LogP contribution is -2.51. The predicted molar refractivity (Wildman–Crippen MR) is 122 cm³/mol. The van der Waals surface area contributed by atoms with Gasteiger partial charge >= 0.3 is 6.03 Å². The summed E-state index contributed by atoms with van der Waals surface area (Å²) in [7, 11) is 3.31. The van der Waals surface area contributed by atoms with Gasteiger partial charge in [0, 0.05) is 36.7 Å². The average Bonchev–Trinajstić information content (AvgIpc) is 3.26. The molecule has 5 rings (SSSR count). The summed E-state index contributed by atoms with van der Waals surface area (Å²) in [6.45, 7) is 3.12. The van der Waals surface area contributed by atoms with Crippen LogP contribution in [0.3, 0.4) is 0 Å². The summed E-state index contributed by atoms with van der Waals surface area (Å²) in [5, 5.41) is 1.19. The van der Waals surface area contributed by atoms with Crippen LogP contribution in [-0.4, -0.2) is 67.9 Å². The van der Waals surface area contributed by atoms with Crippen molar-refractivity contribution in [2.75, 3.05) is 47.1 Å². The van der Waals surface area contributed by atoms with E-state index in [0.29, 0.717) is 38.6 Å². The van der Waals surface area contributed by atoms with Gasteiger partial charge < -0.3 is 29.0 Å². The second-order valence-electron chi connectivity index (χ2n) is 8.31. The summed E-state index contributed by atoms with van der Waals surface area (Å²) in [6.07, 6.45) is 3.58. The van der Waals surface area contributed by atoms with E-state index in [1.54, 1.807) is 14.2 Å². The summed E-state index contributed by atoms with van der Waals surface area (Å²) in [6, 6.07) is 12.4. The van der Waals surface area contributed by atoms with Crippen molar-refractivity contribution in [3.05, 3.63) is 59.3 Å². The number of carbonyl (C=O) groups excluding carboxylic acids is 1. The molecule has 168 valence electrons. The molecule has 0 saturated carbocycles. The zero-order chi connectivity index (χ0) is 22.1. The molecule has 2 aromatic carbocycles. The fraction of sp³-hybridized carbons (Fsp3) is 0.400. The molecule has 32 heavy (non-hydrogen) atoms. The number of H-pyrrole nitrogens is 1. The third kappa shape index (κ3) is 3.66. The molecule has 1 atom stereocenters. The number of benzene rings is 2. The number of rotatable bonds is 4. The minimum absolute atomic E-state index is 0.0820. The minimum Gasteiger partial charge on any atom is -0.493 e. The van der Waals surface area contributed by atoms with E-state index in [0.717, 1.165) is 29.7 Å². The minimum atomic E-state index is -0.0897. The number of nitrogens with zero attached hydrogens (tertiary/aromatic N) is 2. The van der Waals surface area contributed by atoms with Crippen molar-refractivity contribution in [2.24, 2.45) is 0 Å². The highest BCUT2D eigenvalue weighted by molar-refractivity contribution is 5.83. The molecular formula is C25H29N3O4. The number of hydrogen-bond acceptors (Lipinski definition) is 4. The Morgan fingerprint density at radius 2 is 1.84 bits per heavy atom. The van der Waals surface area contributed by atoms with Crippen LogP contribution in [0.4, 0.5) is 4.79 Å². The molecule has 0 bridgehead atoms. The van der Waals surface area contributed by atoms with Crippen LogP contribution in [0.15, 0.2) is 42.6 Å². The first-order chi connectivity index (χ1) is 15.7. The first-order valence-corrected chi connectivity index (χ1v) is 11.1. The van der Waals surface area contributed by atoms with Crippen molar-refractivity contribution >= 4 is 16.9 Å². The van der Waals surface area contributed by atoms with E-state index < -0.39 is 0 Å². The number of fused-ring (bicyclic) bond motifs is 2. The predicted octanol–water partition coefficient (Wildman–Crippen LogP) is 3.78. The normalized spacial score (nSPS) is 18.5. The SMILES string of the molecule is COc1cc2c(cc1OC)C(Cc1c[nH]c3ccccc13)N(C(=O)N1CCOCC1)CC2. The lowest BCUT2D eigenvalue weighted by molar-refractivity contribution is 0.0381. The first-order valence-electron chi connectivity index (χ1n) is 11.1. The number of morpholine rings is 1. The van der Waals surface area contributed by atoms with Crippen molar-refractivity contribution < 1.29 is 19.0 Å². The zero-order valence-electron chi connectivity index (χ0n) is 18.6. The molecule has 7 heteroatoms. The Morgan fingerprint density at radius 3 is 2.62 bits per heavy atom. The van der Waals surface area contributed by atoms with Crippen LogP contribution in [0.5, 0.6) is 11.5 Å². The van der Waals surface area contributed by atoms with E-state index in [1.165, 1.54) is 16.5 Å². The summed E-state index contributed by atoms with van der Waals surface area (Å²) < 4.78 is 16.6. The second kappa shape index (κ2) is 8.74. The number of methoxy groups -OCH3 is 2. The molecule has 0 radical (unpaired) electrons. The molecule has 0 spiro atoms. The Kier molecular flexibility index (Phi) is 5.66. The van der Waals surface area contributed by atoms with Gasteiger partial charge in [0.15, 0.2) is 11.5 Å². The summed E-state index contributed by atoms with van der Waals surface area (Å²) in [5.41, 5.74) is 4.64. The molecule has 2 aliphatic heterocycles. The average molecular weight is 436 g/mol. The molecule has 1 unspecified atom stereocenters. The zero-order valence-corrected chi connectivity index (χ0v) is 18.6. The van der Waals surface area contributed by atoms with Crippen LogP contribution in [0.1, 0.15) is 22.7 Å².